The van der Waals surface area contributed by atoms with Gasteiger partial charge in [-0.2, -0.15) is 0 Å². The highest BCUT2D eigenvalue weighted by Crippen LogP contribution is 2.33. The molecule has 1 aromatic rings. The lowest BCUT2D eigenvalue weighted by molar-refractivity contribution is 0.195. The first kappa shape index (κ1) is 12.0. The molecule has 0 spiro atoms. The number of nitrogens with one attached hydrogen (secondary N) is 1. The van der Waals surface area contributed by atoms with E-state index in [2.05, 4.69) is 10.4 Å². The number of methoxy groups -OCH3 is 1. The summed E-state index contributed by atoms with van der Waals surface area (Å²) in [6.07, 6.45) is 0.979. The molecule has 1 aliphatic heterocycles. The molecule has 0 unspecified atom stereocenters. The second-order valence-electron chi connectivity index (χ2n) is 3.98. The van der Waals surface area contributed by atoms with Crippen LogP contribution in [0.5, 0.6) is 5.75 Å². The monoisotopic (exact) mass is 238 g/mol. The fraction of sp³-hybridized carbons (Fsp3) is 0.500. The number of anilines is 2. The third-order valence-corrected chi connectivity index (χ3v) is 2.82. The second-order valence-corrected chi connectivity index (χ2v) is 3.98. The molecule has 0 aromatic heterocycles. The molecule has 94 valence electrons. The van der Waals surface area contributed by atoms with Gasteiger partial charge in [0.15, 0.2) is 0 Å². The number of nitrogens with zero attached hydrogens (tertiary/aromatic N) is 1. The topological polar surface area (TPSA) is 54.0 Å². The van der Waals surface area contributed by atoms with Crippen molar-refractivity contribution in [3.63, 3.8) is 0 Å². The first-order valence-corrected chi connectivity index (χ1v) is 5.76. The van der Waals surface area contributed by atoms with E-state index in [4.69, 9.17) is 14.7 Å². The van der Waals surface area contributed by atoms with E-state index < -0.39 is 0 Å². The van der Waals surface area contributed by atoms with Crippen LogP contribution < -0.4 is 15.1 Å². The Bertz CT molecular complexity index is 371. The summed E-state index contributed by atoms with van der Waals surface area (Å²) in [6, 6.07) is 5.55. The molecule has 0 bridgehead atoms. The third kappa shape index (κ3) is 2.81. The Kier molecular flexibility index (Phi) is 4.06. The average molecular weight is 238 g/mol. The molecule has 0 saturated heterocycles. The van der Waals surface area contributed by atoms with Crippen LogP contribution in [0.15, 0.2) is 18.2 Å². The summed E-state index contributed by atoms with van der Waals surface area (Å²) in [7, 11) is 1.71. The van der Waals surface area contributed by atoms with Gasteiger partial charge in [-0.1, -0.05) is 0 Å². The van der Waals surface area contributed by atoms with Gasteiger partial charge >= 0.3 is 0 Å². The SMILES string of the molecule is COCCCN1CCOc2ccc(NO)cc21. The van der Waals surface area contributed by atoms with Gasteiger partial charge in [0, 0.05) is 20.3 Å². The van der Waals surface area contributed by atoms with Crippen LogP contribution in [-0.2, 0) is 4.74 Å². The van der Waals surface area contributed by atoms with Crippen molar-refractivity contribution in [2.45, 2.75) is 6.42 Å². The van der Waals surface area contributed by atoms with Crippen LogP contribution in [0, 0.1) is 0 Å². The Morgan fingerprint density at radius 2 is 2.41 bits per heavy atom. The molecule has 1 aromatic carbocycles. The van der Waals surface area contributed by atoms with Crippen molar-refractivity contribution in [2.75, 3.05) is 43.8 Å². The average Bonchev–Trinajstić information content (AvgIpc) is 2.39. The van der Waals surface area contributed by atoms with Crippen LogP contribution in [-0.4, -0.2) is 38.6 Å². The van der Waals surface area contributed by atoms with Gasteiger partial charge < -0.3 is 14.4 Å². The lowest BCUT2D eigenvalue weighted by Gasteiger charge is -2.31. The quantitative estimate of drug-likeness (QED) is 0.604. The van der Waals surface area contributed by atoms with E-state index in [1.807, 2.05) is 12.1 Å². The largest absolute Gasteiger partial charge is 0.490 e. The van der Waals surface area contributed by atoms with E-state index >= 15 is 0 Å². The summed E-state index contributed by atoms with van der Waals surface area (Å²) in [6.45, 7) is 3.25. The van der Waals surface area contributed by atoms with Crippen LogP contribution >= 0.6 is 0 Å². The summed E-state index contributed by atoms with van der Waals surface area (Å²) in [5.41, 5.74) is 3.85. The minimum absolute atomic E-state index is 0.672. The molecule has 1 heterocycles. The first-order valence-electron chi connectivity index (χ1n) is 5.76. The van der Waals surface area contributed by atoms with Crippen molar-refractivity contribution in [3.05, 3.63) is 18.2 Å². The summed E-state index contributed by atoms with van der Waals surface area (Å²) in [5.74, 6) is 0.868. The molecule has 0 aliphatic carbocycles. The van der Waals surface area contributed by atoms with E-state index in [9.17, 15) is 0 Å². The Morgan fingerprint density at radius 3 is 3.18 bits per heavy atom. The zero-order valence-corrected chi connectivity index (χ0v) is 9.98. The van der Waals surface area contributed by atoms with E-state index in [1.165, 1.54) is 0 Å². The molecule has 0 fully saturated rings. The molecular formula is C12H18N2O3. The maximum absolute atomic E-state index is 8.91. The van der Waals surface area contributed by atoms with Gasteiger partial charge in [0.05, 0.1) is 17.9 Å². The van der Waals surface area contributed by atoms with Crippen molar-refractivity contribution < 1.29 is 14.7 Å². The first-order chi connectivity index (χ1) is 8.35. The van der Waals surface area contributed by atoms with Gasteiger partial charge in [-0.3, -0.25) is 10.7 Å². The predicted molar refractivity (Wildman–Crippen MR) is 66.1 cm³/mol. The zero-order chi connectivity index (χ0) is 12.1. The number of ether oxygens (including phenoxy) is 2. The number of hydrogen-bond donors (Lipinski definition) is 2. The minimum Gasteiger partial charge on any atom is -0.490 e. The maximum atomic E-state index is 8.91. The van der Waals surface area contributed by atoms with Crippen LogP contribution in [0.1, 0.15) is 6.42 Å². The van der Waals surface area contributed by atoms with E-state index in [0.717, 1.165) is 37.6 Å². The highest BCUT2D eigenvalue weighted by atomic mass is 16.5. The summed E-state index contributed by atoms with van der Waals surface area (Å²) in [4.78, 5) is 2.25. The van der Waals surface area contributed by atoms with Crippen LogP contribution in [0.3, 0.4) is 0 Å². The number of benzene rings is 1. The van der Waals surface area contributed by atoms with E-state index in [0.29, 0.717) is 12.3 Å². The van der Waals surface area contributed by atoms with Crippen molar-refractivity contribution in [2.24, 2.45) is 0 Å². The van der Waals surface area contributed by atoms with Gasteiger partial charge in [0.1, 0.15) is 12.4 Å². The molecule has 0 atom stereocenters. The number of fused-ring (bicyclic) bond motifs is 1. The van der Waals surface area contributed by atoms with E-state index in [1.54, 1.807) is 13.2 Å². The van der Waals surface area contributed by atoms with Gasteiger partial charge in [-0.25, -0.2) is 0 Å². The van der Waals surface area contributed by atoms with Crippen molar-refractivity contribution in [3.8, 4) is 5.75 Å². The predicted octanol–water partition coefficient (Wildman–Crippen LogP) is 1.72. The number of rotatable bonds is 5. The van der Waals surface area contributed by atoms with Crippen LogP contribution in [0.4, 0.5) is 11.4 Å². The molecule has 0 amide bonds. The van der Waals surface area contributed by atoms with Gasteiger partial charge in [-0.05, 0) is 24.6 Å². The van der Waals surface area contributed by atoms with Crippen molar-refractivity contribution in [1.29, 1.82) is 0 Å². The fourth-order valence-corrected chi connectivity index (χ4v) is 1.97. The molecule has 0 saturated carbocycles. The Labute approximate surface area is 101 Å². The molecule has 1 aliphatic rings. The standard InChI is InChI=1S/C12H18N2O3/c1-16-7-2-5-14-6-8-17-12-4-3-10(13-15)9-11(12)14/h3-4,9,13,15H,2,5-8H2,1H3. The maximum Gasteiger partial charge on any atom is 0.142 e. The molecule has 2 rings (SSSR count). The minimum atomic E-state index is 0.672. The third-order valence-electron chi connectivity index (χ3n) is 2.82. The van der Waals surface area contributed by atoms with Crippen molar-refractivity contribution >= 4 is 11.4 Å². The molecule has 2 N–H and O–H groups in total. The molecule has 17 heavy (non-hydrogen) atoms. The highest BCUT2D eigenvalue weighted by molar-refractivity contribution is 5.66. The molecule has 5 nitrogen and oxygen atoms in total. The Morgan fingerprint density at radius 1 is 1.53 bits per heavy atom. The summed E-state index contributed by atoms with van der Waals surface area (Å²) >= 11 is 0. The molecule has 0 radical (unpaired) electrons. The van der Waals surface area contributed by atoms with Gasteiger partial charge in [-0.15, -0.1) is 0 Å². The fourth-order valence-electron chi connectivity index (χ4n) is 1.97. The summed E-state index contributed by atoms with van der Waals surface area (Å²) < 4.78 is 10.6. The van der Waals surface area contributed by atoms with Crippen molar-refractivity contribution in [1.82, 2.24) is 0 Å². The van der Waals surface area contributed by atoms with Crippen LogP contribution in [0.2, 0.25) is 0 Å². The number of hydrogen-bond acceptors (Lipinski definition) is 5. The zero-order valence-electron chi connectivity index (χ0n) is 9.98. The normalized spacial score (nSPS) is 14.1. The lowest BCUT2D eigenvalue weighted by Crippen LogP contribution is -2.33. The van der Waals surface area contributed by atoms with Crippen LogP contribution in [0.25, 0.3) is 0 Å². The van der Waals surface area contributed by atoms with E-state index in [-0.39, 0.29) is 0 Å². The smallest absolute Gasteiger partial charge is 0.142 e. The molecule has 5 heteroatoms. The molecular weight excluding hydrogens is 220 g/mol. The highest BCUT2D eigenvalue weighted by Gasteiger charge is 2.17. The summed E-state index contributed by atoms with van der Waals surface area (Å²) in [5, 5.41) is 8.91. The Hall–Kier alpha value is -1.46. The Balaban J connectivity index is 2.11. The second kappa shape index (κ2) is 5.75. The van der Waals surface area contributed by atoms with Gasteiger partial charge in [0.25, 0.3) is 0 Å². The lowest BCUT2D eigenvalue weighted by atomic mass is 10.2. The van der Waals surface area contributed by atoms with Gasteiger partial charge in [0.2, 0.25) is 0 Å².